The van der Waals surface area contributed by atoms with Gasteiger partial charge >= 0.3 is 5.76 Å². The largest absolute Gasteiger partial charge is 0.434 e. The van der Waals surface area contributed by atoms with Crippen molar-refractivity contribution in [2.24, 2.45) is 0 Å². The smallest absolute Gasteiger partial charge is 0.390 e. The topological polar surface area (TPSA) is 89.6 Å². The van der Waals surface area contributed by atoms with E-state index in [0.29, 0.717) is 18.3 Å². The number of aromatic nitrogens is 5. The first-order valence-corrected chi connectivity index (χ1v) is 9.61. The summed E-state index contributed by atoms with van der Waals surface area (Å²) in [5.41, 5.74) is 7.47. The summed E-state index contributed by atoms with van der Waals surface area (Å²) in [5, 5.41) is 6.09. The van der Waals surface area contributed by atoms with Crippen LogP contribution in [0.25, 0.3) is 33.9 Å². The number of aryl methyl sites for hydroxylation is 2. The highest BCUT2D eigenvalue weighted by Crippen LogP contribution is 2.28. The van der Waals surface area contributed by atoms with Crippen molar-refractivity contribution in [2.45, 2.75) is 20.4 Å². The van der Waals surface area contributed by atoms with Crippen molar-refractivity contribution < 1.29 is 4.42 Å². The molecule has 2 aliphatic rings. The van der Waals surface area contributed by atoms with Crippen LogP contribution >= 0.6 is 0 Å². The molecule has 0 saturated heterocycles. The lowest BCUT2D eigenvalue weighted by molar-refractivity contribution is 0.449. The first kappa shape index (κ1) is 18.1. The molecule has 3 aromatic rings. The molecule has 0 unspecified atom stereocenters. The fourth-order valence-electron chi connectivity index (χ4n) is 3.40. The molecule has 1 N–H and O–H groups in total. The molecule has 0 bridgehead atoms. The molecular weight excluding hydrogens is 378 g/mol. The van der Waals surface area contributed by atoms with Gasteiger partial charge in [-0.3, -0.25) is 0 Å². The monoisotopic (exact) mass is 397 g/mol. The lowest BCUT2D eigenvalue weighted by Crippen LogP contribution is -2.01. The van der Waals surface area contributed by atoms with Crippen LogP contribution in [-0.4, -0.2) is 24.7 Å². The van der Waals surface area contributed by atoms with Crippen LogP contribution in [0.15, 0.2) is 70.1 Å². The minimum atomic E-state index is -0.564. The minimum absolute atomic E-state index is 0.311. The summed E-state index contributed by atoms with van der Waals surface area (Å²) in [5.74, 6) is 0.429. The van der Waals surface area contributed by atoms with Gasteiger partial charge in [-0.15, -0.1) is 5.10 Å². The van der Waals surface area contributed by atoms with Crippen molar-refractivity contribution in [3.8, 4) is 33.9 Å². The van der Waals surface area contributed by atoms with Gasteiger partial charge in [0.15, 0.2) is 5.82 Å². The Morgan fingerprint density at radius 2 is 1.63 bits per heavy atom. The molecule has 5 rings (SSSR count). The molecule has 0 atom stereocenters. The Labute approximate surface area is 172 Å². The van der Waals surface area contributed by atoms with Crippen LogP contribution < -0.4 is 5.76 Å². The third-order valence-electron chi connectivity index (χ3n) is 5.21. The molecule has 1 aromatic heterocycles. The fraction of sp³-hybridized carbons (Fsp3) is 0.130. The second kappa shape index (κ2) is 7.11. The predicted molar refractivity (Wildman–Crippen MR) is 113 cm³/mol. The maximum absolute atomic E-state index is 11.1. The summed E-state index contributed by atoms with van der Waals surface area (Å²) in [6.45, 7) is 4.58. The van der Waals surface area contributed by atoms with Gasteiger partial charge in [0.25, 0.3) is 0 Å². The lowest BCUT2D eigenvalue weighted by Gasteiger charge is -2.06. The third-order valence-corrected chi connectivity index (χ3v) is 5.21. The maximum atomic E-state index is 11.1. The molecule has 7 nitrogen and oxygen atoms in total. The molecule has 148 valence electrons. The number of fused-ring (bicyclic) bond motifs is 1. The number of hydrogen-bond acceptors (Lipinski definition) is 5. The van der Waals surface area contributed by atoms with Gasteiger partial charge in [-0.2, -0.15) is 0 Å². The average molecular weight is 397 g/mol. The highest BCUT2D eigenvalue weighted by molar-refractivity contribution is 5.71. The van der Waals surface area contributed by atoms with Crippen LogP contribution in [0.4, 0.5) is 0 Å². The summed E-state index contributed by atoms with van der Waals surface area (Å²) in [7, 11) is 0. The first-order valence-electron chi connectivity index (χ1n) is 9.61. The van der Waals surface area contributed by atoms with Crippen molar-refractivity contribution in [2.75, 3.05) is 0 Å². The number of rotatable bonds is 4. The standard InChI is InChI=1S/C23H19N5O2/c1-14-3-4-18(11-15(14)2)16-5-7-17(8-6-16)22-24-19-9-10-28(12-20(19)25-22)13-21-26-27-23(29)30-21/h3-12H,13H2,1-2H3,(H,27,29). The van der Waals surface area contributed by atoms with Crippen molar-refractivity contribution in [1.29, 1.82) is 0 Å². The Hall–Kier alpha value is -4.00. The van der Waals surface area contributed by atoms with Crippen LogP contribution in [0.2, 0.25) is 0 Å². The Balaban J connectivity index is 1.42. The van der Waals surface area contributed by atoms with Gasteiger partial charge in [-0.05, 0) is 42.2 Å². The van der Waals surface area contributed by atoms with E-state index in [1.54, 1.807) is 0 Å². The van der Waals surface area contributed by atoms with Gasteiger partial charge in [0.2, 0.25) is 5.89 Å². The third kappa shape index (κ3) is 3.41. The van der Waals surface area contributed by atoms with E-state index in [0.717, 1.165) is 22.5 Å². The highest BCUT2D eigenvalue weighted by Gasteiger charge is 2.13. The van der Waals surface area contributed by atoms with E-state index in [4.69, 9.17) is 4.42 Å². The minimum Gasteiger partial charge on any atom is -0.390 e. The van der Waals surface area contributed by atoms with Crippen LogP contribution in [0.5, 0.6) is 0 Å². The molecule has 0 saturated carbocycles. The molecule has 0 radical (unpaired) electrons. The highest BCUT2D eigenvalue weighted by atomic mass is 16.4. The van der Waals surface area contributed by atoms with Gasteiger partial charge in [-0.25, -0.2) is 19.9 Å². The lowest BCUT2D eigenvalue weighted by atomic mass is 9.99. The van der Waals surface area contributed by atoms with E-state index in [1.807, 2.05) is 35.2 Å². The second-order valence-electron chi connectivity index (χ2n) is 7.32. The second-order valence-corrected chi connectivity index (χ2v) is 7.32. The number of aromatic amines is 1. The Bertz CT molecular complexity index is 1360. The van der Waals surface area contributed by atoms with Gasteiger partial charge < -0.3 is 8.98 Å². The van der Waals surface area contributed by atoms with Crippen molar-refractivity contribution >= 4 is 0 Å². The zero-order valence-electron chi connectivity index (χ0n) is 16.6. The number of imidazole rings is 1. The van der Waals surface area contributed by atoms with Crippen molar-refractivity contribution in [3.63, 3.8) is 0 Å². The first-order chi connectivity index (χ1) is 14.5. The number of benzene rings is 2. The molecule has 0 spiro atoms. The summed E-state index contributed by atoms with van der Waals surface area (Å²) in [6, 6.07) is 16.7. The van der Waals surface area contributed by atoms with Crippen LogP contribution in [0, 0.1) is 13.8 Å². The maximum Gasteiger partial charge on any atom is 0.434 e. The van der Waals surface area contributed by atoms with Crippen molar-refractivity contribution in [3.05, 3.63) is 88.5 Å². The van der Waals surface area contributed by atoms with E-state index in [2.05, 4.69) is 64.3 Å². The zero-order valence-corrected chi connectivity index (χ0v) is 16.6. The fourth-order valence-corrected chi connectivity index (χ4v) is 3.40. The summed E-state index contributed by atoms with van der Waals surface area (Å²) >= 11 is 0. The van der Waals surface area contributed by atoms with Gasteiger partial charge in [-0.1, -0.05) is 42.5 Å². The number of hydrogen-bond donors (Lipinski definition) is 1. The van der Waals surface area contributed by atoms with E-state index >= 15 is 0 Å². The van der Waals surface area contributed by atoms with E-state index < -0.39 is 5.76 Å². The van der Waals surface area contributed by atoms with Crippen LogP contribution in [-0.2, 0) is 6.54 Å². The number of nitrogens with one attached hydrogen (secondary N) is 1. The molecule has 2 aliphatic heterocycles. The Morgan fingerprint density at radius 1 is 0.900 bits per heavy atom. The molecule has 0 aliphatic carbocycles. The molecular formula is C23H19N5O2. The zero-order chi connectivity index (χ0) is 20.7. The Kier molecular flexibility index (Phi) is 4.28. The van der Waals surface area contributed by atoms with Gasteiger partial charge in [0.1, 0.15) is 12.2 Å². The normalized spacial score (nSPS) is 11.3. The van der Waals surface area contributed by atoms with Crippen LogP contribution in [0.1, 0.15) is 17.0 Å². The van der Waals surface area contributed by atoms with E-state index in [9.17, 15) is 4.79 Å². The summed E-state index contributed by atoms with van der Waals surface area (Å²) in [6.07, 6.45) is 3.72. The number of pyridine rings is 1. The number of H-pyrrole nitrogens is 1. The van der Waals surface area contributed by atoms with E-state index in [-0.39, 0.29) is 0 Å². The van der Waals surface area contributed by atoms with Gasteiger partial charge in [0.05, 0.1) is 5.69 Å². The molecule has 30 heavy (non-hydrogen) atoms. The molecule has 7 heteroatoms. The SMILES string of the molecule is Cc1ccc(-c2ccc(-c3nc4ccn(Cc5n[nH]c(=O)o5)cc-4n3)cc2)cc1C. The van der Waals surface area contributed by atoms with Crippen LogP contribution in [0.3, 0.4) is 0 Å². The molecule has 0 amide bonds. The summed E-state index contributed by atoms with van der Waals surface area (Å²) < 4.78 is 6.81. The average Bonchev–Trinajstić information content (AvgIpc) is 3.36. The molecule has 2 aromatic carbocycles. The summed E-state index contributed by atoms with van der Waals surface area (Å²) in [4.78, 5) is 20.4. The van der Waals surface area contributed by atoms with Crippen molar-refractivity contribution in [1.82, 2.24) is 24.7 Å². The van der Waals surface area contributed by atoms with E-state index in [1.165, 1.54) is 16.7 Å². The Morgan fingerprint density at radius 3 is 2.37 bits per heavy atom. The molecule has 0 fully saturated rings. The number of nitrogens with zero attached hydrogens (tertiary/aromatic N) is 4. The van der Waals surface area contributed by atoms with Gasteiger partial charge in [0, 0.05) is 18.0 Å². The predicted octanol–water partition coefficient (Wildman–Crippen LogP) is 4.06. The quantitative estimate of drug-likeness (QED) is 0.494. The molecule has 3 heterocycles.